The van der Waals surface area contributed by atoms with Crippen molar-refractivity contribution in [3.05, 3.63) is 0 Å². The standard InChI is InChI=1S/C21H39N3O6/c1-10-13(6)16(19(27)28)23-17(25)14(11(2)3)22-18(26)15(12(4)5)24-20(29)30-21(7,8)9/h11-16H,10H2,1-9H3,(H,22,26)(H,23,25)(H,24,29)(H,27,28)/t13-,14-,15-,16-/m0/s1. The van der Waals surface area contributed by atoms with Gasteiger partial charge in [0.15, 0.2) is 0 Å². The van der Waals surface area contributed by atoms with Crippen molar-refractivity contribution in [2.75, 3.05) is 0 Å². The molecule has 0 unspecified atom stereocenters. The molecule has 3 amide bonds. The molecule has 30 heavy (non-hydrogen) atoms. The Morgan fingerprint density at radius 3 is 1.53 bits per heavy atom. The highest BCUT2D eigenvalue weighted by atomic mass is 16.6. The number of hydrogen-bond acceptors (Lipinski definition) is 5. The van der Waals surface area contributed by atoms with Crippen molar-refractivity contribution in [1.82, 2.24) is 16.0 Å². The van der Waals surface area contributed by atoms with Crippen LogP contribution < -0.4 is 16.0 Å². The Labute approximate surface area is 179 Å². The molecule has 0 saturated heterocycles. The minimum atomic E-state index is -1.13. The molecule has 0 rings (SSSR count). The Kier molecular flexibility index (Phi) is 10.9. The Bertz CT molecular complexity index is 612. The van der Waals surface area contributed by atoms with Crippen molar-refractivity contribution in [3.8, 4) is 0 Å². The third-order valence-corrected chi connectivity index (χ3v) is 4.65. The molecule has 0 spiro atoms. The lowest BCUT2D eigenvalue weighted by Gasteiger charge is -2.29. The second-order valence-electron chi connectivity index (χ2n) is 9.31. The van der Waals surface area contributed by atoms with E-state index in [9.17, 15) is 24.3 Å². The lowest BCUT2D eigenvalue weighted by atomic mass is 9.96. The minimum Gasteiger partial charge on any atom is -0.480 e. The van der Waals surface area contributed by atoms with Crippen LogP contribution in [0.1, 0.15) is 68.7 Å². The van der Waals surface area contributed by atoms with E-state index in [-0.39, 0.29) is 17.8 Å². The van der Waals surface area contributed by atoms with E-state index >= 15 is 0 Å². The van der Waals surface area contributed by atoms with Crippen LogP contribution in [0.4, 0.5) is 4.79 Å². The summed E-state index contributed by atoms with van der Waals surface area (Å²) in [7, 11) is 0. The summed E-state index contributed by atoms with van der Waals surface area (Å²) in [6.07, 6.45) is -0.157. The zero-order chi connectivity index (χ0) is 23.8. The van der Waals surface area contributed by atoms with Gasteiger partial charge in [0.1, 0.15) is 23.7 Å². The van der Waals surface area contributed by atoms with Crippen LogP contribution in [0.25, 0.3) is 0 Å². The first-order valence-corrected chi connectivity index (χ1v) is 10.4. The SMILES string of the molecule is CC[C@H](C)[C@H](NC(=O)[C@@H](NC(=O)[C@@H](NC(=O)OC(C)(C)C)C(C)C)C(C)C)C(=O)O. The molecule has 0 saturated carbocycles. The number of carboxylic acid groups (broad SMARTS) is 1. The molecular formula is C21H39N3O6. The number of amides is 3. The van der Waals surface area contributed by atoms with Crippen molar-refractivity contribution < 1.29 is 29.0 Å². The van der Waals surface area contributed by atoms with Gasteiger partial charge in [0.05, 0.1) is 0 Å². The largest absolute Gasteiger partial charge is 0.480 e. The molecule has 9 heteroatoms. The number of carbonyl (C=O) groups is 4. The molecule has 0 aliphatic rings. The van der Waals surface area contributed by atoms with Crippen molar-refractivity contribution >= 4 is 23.9 Å². The summed E-state index contributed by atoms with van der Waals surface area (Å²) in [6, 6.07) is -2.93. The van der Waals surface area contributed by atoms with Gasteiger partial charge in [0, 0.05) is 0 Å². The molecule has 0 aromatic rings. The Morgan fingerprint density at radius 2 is 1.20 bits per heavy atom. The number of rotatable bonds is 10. The molecule has 174 valence electrons. The number of ether oxygens (including phenoxy) is 1. The molecule has 0 aromatic carbocycles. The lowest BCUT2D eigenvalue weighted by molar-refractivity contribution is -0.144. The summed E-state index contributed by atoms with van der Waals surface area (Å²) in [5.41, 5.74) is -0.718. The average molecular weight is 430 g/mol. The average Bonchev–Trinajstić information content (AvgIpc) is 2.58. The van der Waals surface area contributed by atoms with Crippen LogP contribution in [0, 0.1) is 17.8 Å². The van der Waals surface area contributed by atoms with E-state index in [1.165, 1.54) is 0 Å². The first-order valence-electron chi connectivity index (χ1n) is 10.4. The third-order valence-electron chi connectivity index (χ3n) is 4.65. The van der Waals surface area contributed by atoms with E-state index in [0.717, 1.165) is 0 Å². The molecule has 0 heterocycles. The predicted octanol–water partition coefficient (Wildman–Crippen LogP) is 2.29. The molecule has 4 N–H and O–H groups in total. The maximum atomic E-state index is 12.8. The van der Waals surface area contributed by atoms with Crippen LogP contribution >= 0.6 is 0 Å². The number of alkyl carbamates (subject to hydrolysis) is 1. The topological polar surface area (TPSA) is 134 Å². The first-order chi connectivity index (χ1) is 13.6. The van der Waals surface area contributed by atoms with Gasteiger partial charge in [-0.15, -0.1) is 0 Å². The Hall–Kier alpha value is -2.32. The zero-order valence-electron chi connectivity index (χ0n) is 19.7. The predicted molar refractivity (Wildman–Crippen MR) is 114 cm³/mol. The first kappa shape index (κ1) is 27.7. The highest BCUT2D eigenvalue weighted by Gasteiger charge is 2.34. The molecule has 0 aromatic heterocycles. The van der Waals surface area contributed by atoms with Gasteiger partial charge in [0.25, 0.3) is 0 Å². The van der Waals surface area contributed by atoms with E-state index < -0.39 is 47.6 Å². The zero-order valence-corrected chi connectivity index (χ0v) is 19.7. The quantitative estimate of drug-likeness (QED) is 0.421. The van der Waals surface area contributed by atoms with Crippen LogP contribution in [0.2, 0.25) is 0 Å². The van der Waals surface area contributed by atoms with Gasteiger partial charge in [-0.05, 0) is 38.5 Å². The Morgan fingerprint density at radius 1 is 0.800 bits per heavy atom. The summed E-state index contributed by atoms with van der Waals surface area (Å²) < 4.78 is 5.21. The number of carboxylic acids is 1. The van der Waals surface area contributed by atoms with Crippen molar-refractivity contribution in [2.24, 2.45) is 17.8 Å². The molecule has 0 aliphatic carbocycles. The van der Waals surface area contributed by atoms with E-state index in [2.05, 4.69) is 16.0 Å². The van der Waals surface area contributed by atoms with Gasteiger partial charge >= 0.3 is 12.1 Å². The Balaban J connectivity index is 5.37. The number of nitrogens with one attached hydrogen (secondary N) is 3. The molecule has 0 radical (unpaired) electrons. The molecule has 0 fully saturated rings. The van der Waals surface area contributed by atoms with Gasteiger partial charge in [-0.2, -0.15) is 0 Å². The fourth-order valence-corrected chi connectivity index (χ4v) is 2.67. The van der Waals surface area contributed by atoms with Gasteiger partial charge in [-0.3, -0.25) is 9.59 Å². The maximum absolute atomic E-state index is 12.8. The number of carbonyl (C=O) groups excluding carboxylic acids is 3. The van der Waals surface area contributed by atoms with Gasteiger partial charge in [-0.1, -0.05) is 48.0 Å². The smallest absolute Gasteiger partial charge is 0.408 e. The number of hydrogen-bond donors (Lipinski definition) is 4. The molecule has 9 nitrogen and oxygen atoms in total. The van der Waals surface area contributed by atoms with E-state index in [4.69, 9.17) is 4.74 Å². The summed E-state index contributed by atoms with van der Waals surface area (Å²) in [5.74, 6) is -3.08. The number of aliphatic carboxylic acids is 1. The summed E-state index contributed by atoms with van der Waals surface area (Å²) >= 11 is 0. The monoisotopic (exact) mass is 429 g/mol. The molecule has 0 aliphatic heterocycles. The van der Waals surface area contributed by atoms with Crippen LogP contribution in [-0.2, 0) is 19.1 Å². The van der Waals surface area contributed by atoms with Crippen molar-refractivity contribution in [3.63, 3.8) is 0 Å². The van der Waals surface area contributed by atoms with Crippen LogP contribution in [0.3, 0.4) is 0 Å². The highest BCUT2D eigenvalue weighted by Crippen LogP contribution is 2.12. The van der Waals surface area contributed by atoms with Crippen molar-refractivity contribution in [1.29, 1.82) is 0 Å². The van der Waals surface area contributed by atoms with E-state index in [1.807, 2.05) is 6.92 Å². The summed E-state index contributed by atoms with van der Waals surface area (Å²) in [4.78, 5) is 49.2. The second-order valence-corrected chi connectivity index (χ2v) is 9.31. The van der Waals surface area contributed by atoms with Crippen molar-refractivity contribution in [2.45, 2.75) is 92.5 Å². The summed E-state index contributed by atoms with van der Waals surface area (Å²) in [5, 5.41) is 17.1. The lowest BCUT2D eigenvalue weighted by Crippen LogP contribution is -2.59. The van der Waals surface area contributed by atoms with Gasteiger partial charge < -0.3 is 25.8 Å². The third kappa shape index (κ3) is 9.45. The van der Waals surface area contributed by atoms with E-state index in [0.29, 0.717) is 6.42 Å². The highest BCUT2D eigenvalue weighted by molar-refractivity contribution is 5.93. The second kappa shape index (κ2) is 11.8. The molecular weight excluding hydrogens is 390 g/mol. The van der Waals surface area contributed by atoms with E-state index in [1.54, 1.807) is 55.4 Å². The van der Waals surface area contributed by atoms with Gasteiger partial charge in [-0.25, -0.2) is 9.59 Å². The van der Waals surface area contributed by atoms with Crippen LogP contribution in [0.5, 0.6) is 0 Å². The maximum Gasteiger partial charge on any atom is 0.408 e. The summed E-state index contributed by atoms with van der Waals surface area (Å²) in [6.45, 7) is 15.7. The molecule has 4 atom stereocenters. The normalized spacial score (nSPS) is 15.7. The van der Waals surface area contributed by atoms with Crippen LogP contribution in [-0.4, -0.2) is 52.7 Å². The minimum absolute atomic E-state index is 0.264. The van der Waals surface area contributed by atoms with Crippen LogP contribution in [0.15, 0.2) is 0 Å². The fraction of sp³-hybridized carbons (Fsp3) is 0.810. The van der Waals surface area contributed by atoms with Gasteiger partial charge in [0.2, 0.25) is 11.8 Å². The fourth-order valence-electron chi connectivity index (χ4n) is 2.67. The molecule has 0 bridgehead atoms.